The number of aliphatic hydroxyl groups is 1. The topological polar surface area (TPSA) is 20.2 Å². The van der Waals surface area contributed by atoms with Crippen LogP contribution < -0.4 is 0 Å². The molecule has 0 unspecified atom stereocenters. The van der Waals surface area contributed by atoms with Crippen molar-refractivity contribution in [1.82, 2.24) is 0 Å². The minimum Gasteiger partial charge on any atom is -0.389 e. The second kappa shape index (κ2) is 4.80. The molecule has 0 aliphatic rings. The SMILES string of the molecule is CCSc1cc(C)c(F)cc1[C@@H](C)O. The van der Waals surface area contributed by atoms with E-state index < -0.39 is 6.10 Å². The predicted molar refractivity (Wildman–Crippen MR) is 58.2 cm³/mol. The maximum atomic E-state index is 13.2. The van der Waals surface area contributed by atoms with E-state index in [-0.39, 0.29) is 5.82 Å². The van der Waals surface area contributed by atoms with Crippen LogP contribution in [-0.2, 0) is 0 Å². The molecule has 0 saturated carbocycles. The molecule has 0 aliphatic heterocycles. The van der Waals surface area contributed by atoms with Crippen LogP contribution >= 0.6 is 11.8 Å². The van der Waals surface area contributed by atoms with E-state index in [9.17, 15) is 9.50 Å². The highest BCUT2D eigenvalue weighted by atomic mass is 32.2. The molecule has 1 aromatic carbocycles. The Bertz CT molecular complexity index is 323. The number of aliphatic hydroxyl groups excluding tert-OH is 1. The molecular weight excluding hydrogens is 199 g/mol. The van der Waals surface area contributed by atoms with E-state index in [0.29, 0.717) is 11.1 Å². The Kier molecular flexibility index (Phi) is 3.96. The summed E-state index contributed by atoms with van der Waals surface area (Å²) in [6, 6.07) is 3.23. The number of thioether (sulfide) groups is 1. The van der Waals surface area contributed by atoms with Crippen LogP contribution in [0.3, 0.4) is 0 Å². The van der Waals surface area contributed by atoms with Crippen LogP contribution in [0.25, 0.3) is 0 Å². The van der Waals surface area contributed by atoms with Gasteiger partial charge in [0, 0.05) is 4.90 Å². The fourth-order valence-electron chi connectivity index (χ4n) is 1.28. The summed E-state index contributed by atoms with van der Waals surface area (Å²) in [6.45, 7) is 5.43. The number of hydrogen-bond acceptors (Lipinski definition) is 2. The lowest BCUT2D eigenvalue weighted by Gasteiger charge is -2.12. The fourth-order valence-corrected chi connectivity index (χ4v) is 2.24. The van der Waals surface area contributed by atoms with E-state index in [0.717, 1.165) is 10.6 Å². The fraction of sp³-hybridized carbons (Fsp3) is 0.455. The summed E-state index contributed by atoms with van der Waals surface area (Å²) in [5.41, 5.74) is 1.31. The first kappa shape index (κ1) is 11.5. The first-order valence-corrected chi connectivity index (χ1v) is 5.65. The summed E-state index contributed by atoms with van der Waals surface area (Å²) >= 11 is 1.63. The molecule has 0 radical (unpaired) electrons. The molecule has 0 spiro atoms. The predicted octanol–water partition coefficient (Wildman–Crippen LogP) is 3.30. The van der Waals surface area contributed by atoms with Gasteiger partial charge in [-0.2, -0.15) is 0 Å². The number of hydrogen-bond donors (Lipinski definition) is 1. The third kappa shape index (κ3) is 2.49. The van der Waals surface area contributed by atoms with E-state index in [4.69, 9.17) is 0 Å². The van der Waals surface area contributed by atoms with Crippen LogP contribution in [0.5, 0.6) is 0 Å². The van der Waals surface area contributed by atoms with Crippen LogP contribution in [0, 0.1) is 12.7 Å². The second-order valence-corrected chi connectivity index (χ2v) is 4.55. The normalized spacial score (nSPS) is 12.9. The molecule has 0 aliphatic carbocycles. The van der Waals surface area contributed by atoms with Gasteiger partial charge in [-0.25, -0.2) is 4.39 Å². The van der Waals surface area contributed by atoms with Gasteiger partial charge in [0.15, 0.2) is 0 Å². The summed E-state index contributed by atoms with van der Waals surface area (Å²) in [5.74, 6) is 0.673. The highest BCUT2D eigenvalue weighted by molar-refractivity contribution is 7.99. The zero-order chi connectivity index (χ0) is 10.7. The molecule has 1 atom stereocenters. The van der Waals surface area contributed by atoms with Gasteiger partial charge < -0.3 is 5.11 Å². The number of benzene rings is 1. The third-order valence-corrected chi connectivity index (χ3v) is 2.99. The van der Waals surface area contributed by atoms with Crippen LogP contribution in [0.15, 0.2) is 17.0 Å². The summed E-state index contributed by atoms with van der Waals surface area (Å²) in [5, 5.41) is 9.47. The molecule has 0 fully saturated rings. The molecule has 78 valence electrons. The average molecular weight is 214 g/mol. The Morgan fingerprint density at radius 2 is 2.14 bits per heavy atom. The lowest BCUT2D eigenvalue weighted by atomic mass is 10.1. The molecule has 3 heteroatoms. The Hall–Kier alpha value is -0.540. The van der Waals surface area contributed by atoms with Crippen molar-refractivity contribution >= 4 is 11.8 Å². The lowest BCUT2D eigenvalue weighted by Crippen LogP contribution is -1.97. The molecule has 0 bridgehead atoms. The second-order valence-electron chi connectivity index (χ2n) is 3.25. The molecule has 0 amide bonds. The molecule has 1 nitrogen and oxygen atoms in total. The number of rotatable bonds is 3. The zero-order valence-electron chi connectivity index (χ0n) is 8.67. The molecule has 14 heavy (non-hydrogen) atoms. The maximum Gasteiger partial charge on any atom is 0.126 e. The van der Waals surface area contributed by atoms with E-state index >= 15 is 0 Å². The smallest absolute Gasteiger partial charge is 0.126 e. The van der Waals surface area contributed by atoms with Gasteiger partial charge in [-0.05, 0) is 42.9 Å². The van der Waals surface area contributed by atoms with E-state index in [1.54, 1.807) is 31.7 Å². The Morgan fingerprint density at radius 3 is 2.64 bits per heavy atom. The Balaban J connectivity index is 3.17. The monoisotopic (exact) mass is 214 g/mol. The van der Waals surface area contributed by atoms with Crippen molar-refractivity contribution in [2.24, 2.45) is 0 Å². The van der Waals surface area contributed by atoms with Crippen molar-refractivity contribution in [3.05, 3.63) is 29.1 Å². The lowest BCUT2D eigenvalue weighted by molar-refractivity contribution is 0.196. The van der Waals surface area contributed by atoms with E-state index in [2.05, 4.69) is 0 Å². The first-order chi connectivity index (χ1) is 6.56. The van der Waals surface area contributed by atoms with Crippen molar-refractivity contribution in [3.63, 3.8) is 0 Å². The standard InChI is InChI=1S/C11H15FOS/c1-4-14-11-5-7(2)10(12)6-9(11)8(3)13/h5-6,8,13H,4H2,1-3H3/t8-/m1/s1. The molecule has 0 aromatic heterocycles. The van der Waals surface area contributed by atoms with Gasteiger partial charge in [0.2, 0.25) is 0 Å². The molecule has 0 heterocycles. The number of halogens is 1. The molecule has 1 N–H and O–H groups in total. The summed E-state index contributed by atoms with van der Waals surface area (Å²) in [4.78, 5) is 0.974. The van der Waals surface area contributed by atoms with Crippen molar-refractivity contribution in [3.8, 4) is 0 Å². The minimum atomic E-state index is -0.612. The summed E-state index contributed by atoms with van der Waals surface area (Å²) < 4.78 is 13.2. The summed E-state index contributed by atoms with van der Waals surface area (Å²) in [6.07, 6.45) is -0.612. The van der Waals surface area contributed by atoms with Crippen molar-refractivity contribution in [1.29, 1.82) is 0 Å². The Morgan fingerprint density at radius 1 is 1.50 bits per heavy atom. The summed E-state index contributed by atoms with van der Waals surface area (Å²) in [7, 11) is 0. The van der Waals surface area contributed by atoms with Gasteiger partial charge in [0.05, 0.1) is 6.10 Å². The van der Waals surface area contributed by atoms with Gasteiger partial charge >= 0.3 is 0 Å². The third-order valence-electron chi connectivity index (χ3n) is 2.04. The zero-order valence-corrected chi connectivity index (χ0v) is 9.49. The van der Waals surface area contributed by atoms with Gasteiger partial charge in [-0.15, -0.1) is 11.8 Å². The van der Waals surface area contributed by atoms with Gasteiger partial charge in [0.25, 0.3) is 0 Å². The van der Waals surface area contributed by atoms with Gasteiger partial charge in [0.1, 0.15) is 5.82 Å². The number of aryl methyl sites for hydroxylation is 1. The highest BCUT2D eigenvalue weighted by Crippen LogP contribution is 2.29. The highest BCUT2D eigenvalue weighted by Gasteiger charge is 2.11. The van der Waals surface area contributed by atoms with Crippen molar-refractivity contribution in [2.75, 3.05) is 5.75 Å². The Labute approximate surface area is 88.3 Å². The minimum absolute atomic E-state index is 0.249. The van der Waals surface area contributed by atoms with Crippen LogP contribution in [-0.4, -0.2) is 10.9 Å². The molecule has 1 rings (SSSR count). The van der Waals surface area contributed by atoms with Gasteiger partial charge in [-0.3, -0.25) is 0 Å². The van der Waals surface area contributed by atoms with Crippen LogP contribution in [0.4, 0.5) is 4.39 Å². The molecular formula is C11H15FOS. The van der Waals surface area contributed by atoms with Crippen LogP contribution in [0.1, 0.15) is 31.1 Å². The first-order valence-electron chi connectivity index (χ1n) is 4.67. The molecule has 0 saturated heterocycles. The van der Waals surface area contributed by atoms with Crippen LogP contribution in [0.2, 0.25) is 0 Å². The van der Waals surface area contributed by atoms with Gasteiger partial charge in [-0.1, -0.05) is 6.92 Å². The largest absolute Gasteiger partial charge is 0.389 e. The molecule has 1 aromatic rings. The average Bonchev–Trinajstić information content (AvgIpc) is 2.11. The van der Waals surface area contributed by atoms with E-state index in [1.807, 2.05) is 6.92 Å². The van der Waals surface area contributed by atoms with E-state index in [1.165, 1.54) is 6.07 Å². The quantitative estimate of drug-likeness (QED) is 0.779. The van der Waals surface area contributed by atoms with Crippen molar-refractivity contribution < 1.29 is 9.50 Å². The van der Waals surface area contributed by atoms with Crippen molar-refractivity contribution in [2.45, 2.75) is 31.8 Å². The maximum absolute atomic E-state index is 13.2.